The van der Waals surface area contributed by atoms with Crippen molar-refractivity contribution in [3.05, 3.63) is 42.5 Å². The Balaban J connectivity index is 1.98. The van der Waals surface area contributed by atoms with Crippen LogP contribution in [0.1, 0.15) is 26.2 Å². The van der Waals surface area contributed by atoms with E-state index in [1.807, 2.05) is 6.92 Å². The van der Waals surface area contributed by atoms with Gasteiger partial charge in [0.05, 0.1) is 32.2 Å². The first kappa shape index (κ1) is 21.0. The lowest BCUT2D eigenvalue weighted by atomic mass is 10.0. The van der Waals surface area contributed by atoms with Crippen molar-refractivity contribution in [1.29, 1.82) is 0 Å². The lowest BCUT2D eigenvalue weighted by Gasteiger charge is -2.27. The monoisotopic (exact) mass is 402 g/mol. The van der Waals surface area contributed by atoms with E-state index in [4.69, 9.17) is 14.2 Å². The molecule has 3 rings (SSSR count). The van der Waals surface area contributed by atoms with Gasteiger partial charge in [0.15, 0.2) is 0 Å². The molecule has 7 heteroatoms. The van der Waals surface area contributed by atoms with Crippen molar-refractivity contribution in [3.8, 4) is 16.9 Å². The molecular weight excluding hydrogens is 375 g/mol. The second-order valence-electron chi connectivity index (χ2n) is 7.05. The predicted molar refractivity (Wildman–Crippen MR) is 109 cm³/mol. The average Bonchev–Trinajstić information content (AvgIpc) is 3.25. The van der Waals surface area contributed by atoms with Crippen molar-refractivity contribution >= 4 is 11.8 Å². The number of rotatable bonds is 8. The Morgan fingerprint density at radius 2 is 2.21 bits per heavy atom. The van der Waals surface area contributed by atoms with Gasteiger partial charge >= 0.3 is 6.09 Å². The van der Waals surface area contributed by atoms with E-state index < -0.39 is 6.09 Å². The molecule has 1 aliphatic rings. The van der Waals surface area contributed by atoms with Gasteiger partial charge in [-0.25, -0.2) is 9.18 Å². The van der Waals surface area contributed by atoms with E-state index in [2.05, 4.69) is 4.98 Å². The summed E-state index contributed by atoms with van der Waals surface area (Å²) in [5.74, 6) is 0.220. The number of benzene rings is 1. The van der Waals surface area contributed by atoms with E-state index in [9.17, 15) is 9.18 Å². The first-order valence-electron chi connectivity index (χ1n) is 9.94. The van der Waals surface area contributed by atoms with E-state index in [-0.39, 0.29) is 11.7 Å². The molecule has 2 heterocycles. The lowest BCUT2D eigenvalue weighted by Crippen LogP contribution is -2.37. The van der Waals surface area contributed by atoms with Crippen molar-refractivity contribution < 1.29 is 23.4 Å². The summed E-state index contributed by atoms with van der Waals surface area (Å²) < 4.78 is 30.0. The zero-order valence-electron chi connectivity index (χ0n) is 16.9. The molecule has 156 valence electrons. The van der Waals surface area contributed by atoms with Crippen LogP contribution in [0.2, 0.25) is 0 Å². The number of unbranched alkanes of at least 4 members (excludes halogenated alkanes) is 1. The van der Waals surface area contributed by atoms with Crippen LogP contribution < -0.4 is 9.64 Å². The summed E-state index contributed by atoms with van der Waals surface area (Å²) in [5.41, 5.74) is 2.01. The van der Waals surface area contributed by atoms with Crippen molar-refractivity contribution in [2.24, 2.45) is 5.92 Å². The number of amides is 1. The molecule has 1 atom stereocenters. The number of hydrogen-bond acceptors (Lipinski definition) is 5. The zero-order chi connectivity index (χ0) is 20.6. The fourth-order valence-electron chi connectivity index (χ4n) is 3.36. The fourth-order valence-corrected chi connectivity index (χ4v) is 3.36. The Kier molecular flexibility index (Phi) is 7.41. The van der Waals surface area contributed by atoms with Crippen LogP contribution in [0.15, 0.2) is 36.7 Å². The van der Waals surface area contributed by atoms with Crippen LogP contribution in [0, 0.1) is 11.7 Å². The number of ether oxygens (including phenoxy) is 3. The first-order chi connectivity index (χ1) is 14.1. The van der Waals surface area contributed by atoms with Gasteiger partial charge in [-0.3, -0.25) is 9.88 Å². The number of aromatic nitrogens is 1. The van der Waals surface area contributed by atoms with E-state index in [1.54, 1.807) is 29.4 Å². The normalized spacial score (nSPS) is 15.9. The summed E-state index contributed by atoms with van der Waals surface area (Å²) in [4.78, 5) is 18.8. The molecule has 1 aliphatic heterocycles. The molecule has 0 spiro atoms. The van der Waals surface area contributed by atoms with Crippen molar-refractivity contribution in [2.75, 3.05) is 38.4 Å². The maximum absolute atomic E-state index is 13.7. The summed E-state index contributed by atoms with van der Waals surface area (Å²) in [6.45, 7) is 4.17. The van der Waals surface area contributed by atoms with Gasteiger partial charge in [0.2, 0.25) is 0 Å². The van der Waals surface area contributed by atoms with Gasteiger partial charge in [-0.15, -0.1) is 0 Å². The molecule has 0 radical (unpaired) electrons. The van der Waals surface area contributed by atoms with Crippen molar-refractivity contribution in [1.82, 2.24) is 4.98 Å². The smallest absolute Gasteiger partial charge is 0.414 e. The van der Waals surface area contributed by atoms with E-state index in [0.717, 1.165) is 24.8 Å². The molecule has 1 aromatic heterocycles. The molecule has 0 saturated carbocycles. The Morgan fingerprint density at radius 3 is 2.93 bits per heavy atom. The maximum atomic E-state index is 13.7. The summed E-state index contributed by atoms with van der Waals surface area (Å²) in [6.07, 6.45) is 5.48. The molecule has 6 nitrogen and oxygen atoms in total. The first-order valence-corrected chi connectivity index (χ1v) is 9.94. The molecule has 0 bridgehead atoms. The second kappa shape index (κ2) is 10.2. The van der Waals surface area contributed by atoms with Crippen LogP contribution >= 0.6 is 0 Å². The second-order valence-corrected chi connectivity index (χ2v) is 7.05. The largest absolute Gasteiger partial charge is 0.496 e. The average molecular weight is 402 g/mol. The van der Waals surface area contributed by atoms with Crippen LogP contribution in [-0.4, -0.2) is 44.6 Å². The molecule has 1 saturated heterocycles. The lowest BCUT2D eigenvalue weighted by molar-refractivity contribution is 0.149. The number of pyridine rings is 1. The highest BCUT2D eigenvalue weighted by atomic mass is 19.1. The predicted octanol–water partition coefficient (Wildman–Crippen LogP) is 4.68. The minimum atomic E-state index is -0.416. The van der Waals surface area contributed by atoms with Gasteiger partial charge in [0.25, 0.3) is 0 Å². The van der Waals surface area contributed by atoms with Gasteiger partial charge < -0.3 is 14.2 Å². The van der Waals surface area contributed by atoms with Crippen molar-refractivity contribution in [2.45, 2.75) is 26.2 Å². The summed E-state index contributed by atoms with van der Waals surface area (Å²) in [5, 5.41) is 0. The third-order valence-corrected chi connectivity index (χ3v) is 4.95. The highest BCUT2D eigenvalue weighted by Gasteiger charge is 2.27. The molecule has 0 aliphatic carbocycles. The van der Waals surface area contributed by atoms with Gasteiger partial charge in [-0.1, -0.05) is 13.3 Å². The zero-order valence-corrected chi connectivity index (χ0v) is 16.9. The van der Waals surface area contributed by atoms with Crippen LogP contribution in [0.25, 0.3) is 11.1 Å². The number of nitrogens with zero attached hydrogens (tertiary/aromatic N) is 2. The fraction of sp³-hybridized carbons (Fsp3) is 0.455. The Bertz CT molecular complexity index is 824. The minimum Gasteiger partial charge on any atom is -0.496 e. The van der Waals surface area contributed by atoms with Crippen LogP contribution in [0.4, 0.5) is 14.9 Å². The molecule has 1 fully saturated rings. The number of methoxy groups -OCH3 is 1. The Hall–Kier alpha value is -2.67. The van der Waals surface area contributed by atoms with E-state index in [1.165, 1.54) is 19.2 Å². The topological polar surface area (TPSA) is 60.9 Å². The Labute approximate surface area is 170 Å². The standard InChI is InChI=1S/C22H27FN2O4/c1-3-4-10-29-22(26)25(14-16-8-11-28-15-16)20-13-24-9-7-18(20)19-6-5-17(23)12-21(19)27-2/h5-7,9,12-13,16H,3-4,8,10-11,14-15H2,1-2H3. The van der Waals surface area contributed by atoms with Gasteiger partial charge in [0.1, 0.15) is 11.6 Å². The van der Waals surface area contributed by atoms with Gasteiger partial charge in [0, 0.05) is 42.5 Å². The Morgan fingerprint density at radius 1 is 1.34 bits per heavy atom. The van der Waals surface area contributed by atoms with Crippen molar-refractivity contribution in [3.63, 3.8) is 0 Å². The molecule has 1 aromatic carbocycles. The summed E-state index contributed by atoms with van der Waals surface area (Å²) in [7, 11) is 1.49. The quantitative estimate of drug-likeness (QED) is 0.600. The third-order valence-electron chi connectivity index (χ3n) is 4.95. The SMILES string of the molecule is CCCCOC(=O)N(CC1CCOC1)c1cnccc1-c1ccc(F)cc1OC. The molecule has 0 N–H and O–H groups in total. The highest BCUT2D eigenvalue weighted by Crippen LogP contribution is 2.37. The molecule has 1 unspecified atom stereocenters. The number of carbonyl (C=O) groups excluding carboxylic acids is 1. The summed E-state index contributed by atoms with van der Waals surface area (Å²) in [6, 6.07) is 6.14. The highest BCUT2D eigenvalue weighted by molar-refractivity contribution is 5.94. The maximum Gasteiger partial charge on any atom is 0.414 e. The van der Waals surface area contributed by atoms with E-state index >= 15 is 0 Å². The minimum absolute atomic E-state index is 0.219. The number of carbonyl (C=O) groups is 1. The number of anilines is 1. The third kappa shape index (κ3) is 5.23. The summed E-state index contributed by atoms with van der Waals surface area (Å²) >= 11 is 0. The van der Waals surface area contributed by atoms with Gasteiger partial charge in [-0.05, 0) is 31.0 Å². The van der Waals surface area contributed by atoms with Crippen LogP contribution in [-0.2, 0) is 9.47 Å². The van der Waals surface area contributed by atoms with E-state index in [0.29, 0.717) is 43.4 Å². The number of halogens is 1. The number of hydrogen-bond donors (Lipinski definition) is 0. The molecule has 1 amide bonds. The molecule has 2 aromatic rings. The van der Waals surface area contributed by atoms with Crippen LogP contribution in [0.5, 0.6) is 5.75 Å². The van der Waals surface area contributed by atoms with Crippen LogP contribution in [0.3, 0.4) is 0 Å². The molecule has 29 heavy (non-hydrogen) atoms. The molecular formula is C22H27FN2O4. The van der Waals surface area contributed by atoms with Gasteiger partial charge in [-0.2, -0.15) is 0 Å².